The van der Waals surface area contributed by atoms with Crippen molar-refractivity contribution in [2.24, 2.45) is 5.73 Å². The van der Waals surface area contributed by atoms with Crippen LogP contribution in [0.25, 0.3) is 0 Å². The van der Waals surface area contributed by atoms with Crippen molar-refractivity contribution in [2.45, 2.75) is 6.42 Å². The van der Waals surface area contributed by atoms with Crippen LogP contribution in [0.2, 0.25) is 0 Å². The van der Waals surface area contributed by atoms with Gasteiger partial charge < -0.3 is 20.1 Å². The molecule has 0 radical (unpaired) electrons. The Bertz CT molecular complexity index is 828. The number of carbonyl (C=O) groups is 2. The third-order valence-electron chi connectivity index (χ3n) is 4.44. The van der Waals surface area contributed by atoms with Crippen LogP contribution in [0.5, 0.6) is 11.5 Å². The summed E-state index contributed by atoms with van der Waals surface area (Å²) in [6.07, 6.45) is 0.719. The normalized spacial score (nSPS) is 13.0. The summed E-state index contributed by atoms with van der Waals surface area (Å²) in [6.45, 7) is 1.61. The lowest BCUT2D eigenvalue weighted by molar-refractivity contribution is -0.0464. The second kappa shape index (κ2) is 9.09. The number of nitrogens with zero attached hydrogens (tertiary/aromatic N) is 2. The smallest absolute Gasteiger partial charge is 0.338 e. The Labute approximate surface area is 163 Å². The number of primary amides is 1. The molecule has 1 aliphatic rings. The van der Waals surface area contributed by atoms with Crippen LogP contribution in [0, 0.1) is 0 Å². The number of ether oxygens (including phenoxy) is 2. The van der Waals surface area contributed by atoms with Gasteiger partial charge in [-0.15, -0.1) is 0 Å². The quantitative estimate of drug-likeness (QED) is 0.533. The van der Waals surface area contributed by atoms with Gasteiger partial charge in [0.25, 0.3) is 5.91 Å². The van der Waals surface area contributed by atoms with Crippen LogP contribution in [0.4, 0.5) is 4.79 Å². The monoisotopic (exact) mass is 385 g/mol. The highest BCUT2D eigenvalue weighted by molar-refractivity contribution is 5.97. The minimum atomic E-state index is -0.934. The topological polar surface area (TPSA) is 105 Å². The van der Waals surface area contributed by atoms with Crippen molar-refractivity contribution >= 4 is 11.9 Å². The lowest BCUT2D eigenvalue weighted by Crippen LogP contribution is -2.40. The molecule has 2 aromatic carbocycles. The second-order valence-corrected chi connectivity index (χ2v) is 6.33. The number of hydrogen-bond donors (Lipinski definition) is 2. The Morgan fingerprint density at radius 1 is 1.11 bits per heavy atom. The fourth-order valence-electron chi connectivity index (χ4n) is 2.97. The average Bonchev–Trinajstić information content (AvgIpc) is 2.70. The van der Waals surface area contributed by atoms with Crippen molar-refractivity contribution in [2.75, 3.05) is 32.8 Å². The maximum Gasteiger partial charge on any atom is 0.338 e. The Morgan fingerprint density at radius 3 is 2.61 bits per heavy atom. The van der Waals surface area contributed by atoms with E-state index in [9.17, 15) is 14.8 Å². The standard InChI is InChI=1S/C20H23N3O5/c21-20(25)23(26)11-13-28-17-6-7-18-15(14-17)8-9-22(19(18)24)10-12-27-16-4-2-1-3-5-16/h1-7,14,26H,8-13H2,(H2,21,25). The maximum atomic E-state index is 12.7. The summed E-state index contributed by atoms with van der Waals surface area (Å²) in [4.78, 5) is 25.2. The molecular formula is C20H23N3O5. The van der Waals surface area contributed by atoms with Crippen molar-refractivity contribution in [1.82, 2.24) is 9.96 Å². The molecule has 3 rings (SSSR count). The van der Waals surface area contributed by atoms with E-state index < -0.39 is 6.03 Å². The SMILES string of the molecule is NC(=O)N(O)CCOc1ccc2c(c1)CCN(CCOc1ccccc1)C2=O. The molecule has 0 saturated carbocycles. The number of fused-ring (bicyclic) bond motifs is 1. The van der Waals surface area contributed by atoms with Gasteiger partial charge in [0.05, 0.1) is 13.1 Å². The Balaban J connectivity index is 1.52. The molecule has 0 atom stereocenters. The van der Waals surface area contributed by atoms with Crippen LogP contribution in [-0.2, 0) is 6.42 Å². The minimum absolute atomic E-state index is 0.0280. The van der Waals surface area contributed by atoms with Gasteiger partial charge in [-0.3, -0.25) is 10.0 Å². The average molecular weight is 385 g/mol. The molecule has 0 bridgehead atoms. The predicted octanol–water partition coefficient (Wildman–Crippen LogP) is 1.91. The number of rotatable bonds is 8. The molecule has 1 heterocycles. The van der Waals surface area contributed by atoms with Crippen molar-refractivity contribution < 1.29 is 24.3 Å². The molecule has 2 aromatic rings. The van der Waals surface area contributed by atoms with Crippen molar-refractivity contribution in [3.63, 3.8) is 0 Å². The number of urea groups is 1. The minimum Gasteiger partial charge on any atom is -0.492 e. The van der Waals surface area contributed by atoms with Crippen LogP contribution in [0.15, 0.2) is 48.5 Å². The zero-order valence-electron chi connectivity index (χ0n) is 15.4. The van der Waals surface area contributed by atoms with Gasteiger partial charge in [-0.25, -0.2) is 9.86 Å². The highest BCUT2D eigenvalue weighted by Gasteiger charge is 2.24. The van der Waals surface area contributed by atoms with Crippen molar-refractivity contribution in [3.8, 4) is 11.5 Å². The van der Waals surface area contributed by atoms with E-state index in [0.29, 0.717) is 36.1 Å². The van der Waals surface area contributed by atoms with E-state index in [1.54, 1.807) is 17.0 Å². The van der Waals surface area contributed by atoms with E-state index in [2.05, 4.69) is 0 Å². The number of benzene rings is 2. The van der Waals surface area contributed by atoms with Crippen LogP contribution in [0.1, 0.15) is 15.9 Å². The molecule has 0 aromatic heterocycles. The van der Waals surface area contributed by atoms with Crippen LogP contribution in [-0.4, -0.2) is 60.0 Å². The molecule has 3 amide bonds. The maximum absolute atomic E-state index is 12.7. The molecule has 28 heavy (non-hydrogen) atoms. The van der Waals surface area contributed by atoms with Gasteiger partial charge >= 0.3 is 6.03 Å². The van der Waals surface area contributed by atoms with E-state index in [-0.39, 0.29) is 19.1 Å². The van der Waals surface area contributed by atoms with Gasteiger partial charge in [0.15, 0.2) is 0 Å². The van der Waals surface area contributed by atoms with Crippen LogP contribution < -0.4 is 15.2 Å². The second-order valence-electron chi connectivity index (χ2n) is 6.33. The molecule has 0 aliphatic carbocycles. The summed E-state index contributed by atoms with van der Waals surface area (Å²) in [5, 5.41) is 9.61. The van der Waals surface area contributed by atoms with Gasteiger partial charge in [-0.1, -0.05) is 18.2 Å². The predicted molar refractivity (Wildman–Crippen MR) is 102 cm³/mol. The zero-order chi connectivity index (χ0) is 19.9. The number of amides is 3. The summed E-state index contributed by atoms with van der Waals surface area (Å²) in [5.41, 5.74) is 6.50. The van der Waals surface area contributed by atoms with Crippen LogP contribution >= 0.6 is 0 Å². The Morgan fingerprint density at radius 2 is 1.86 bits per heavy atom. The molecule has 0 fully saturated rings. The summed E-state index contributed by atoms with van der Waals surface area (Å²) < 4.78 is 11.2. The highest BCUT2D eigenvalue weighted by Crippen LogP contribution is 2.24. The number of nitrogens with two attached hydrogens (primary N) is 1. The number of para-hydroxylation sites is 1. The molecule has 8 nitrogen and oxygen atoms in total. The first-order valence-electron chi connectivity index (χ1n) is 9.03. The zero-order valence-corrected chi connectivity index (χ0v) is 15.4. The third kappa shape index (κ3) is 4.92. The Kier molecular flexibility index (Phi) is 6.33. The lowest BCUT2D eigenvalue weighted by atomic mass is 9.99. The first kappa shape index (κ1) is 19.5. The number of hydroxylamine groups is 2. The van der Waals surface area contributed by atoms with E-state index in [0.717, 1.165) is 17.7 Å². The largest absolute Gasteiger partial charge is 0.492 e. The summed E-state index contributed by atoms with van der Waals surface area (Å²) >= 11 is 0. The van der Waals surface area contributed by atoms with E-state index in [1.807, 2.05) is 36.4 Å². The van der Waals surface area contributed by atoms with Gasteiger partial charge in [0, 0.05) is 12.1 Å². The first-order chi connectivity index (χ1) is 13.5. The van der Waals surface area contributed by atoms with Gasteiger partial charge in [-0.2, -0.15) is 0 Å². The summed E-state index contributed by atoms with van der Waals surface area (Å²) in [7, 11) is 0. The van der Waals surface area contributed by atoms with Gasteiger partial charge in [0.2, 0.25) is 0 Å². The third-order valence-corrected chi connectivity index (χ3v) is 4.44. The molecular weight excluding hydrogens is 362 g/mol. The fourth-order valence-corrected chi connectivity index (χ4v) is 2.97. The number of carbonyl (C=O) groups excluding carboxylic acids is 2. The highest BCUT2D eigenvalue weighted by atomic mass is 16.5. The molecule has 0 saturated heterocycles. The van der Waals surface area contributed by atoms with E-state index >= 15 is 0 Å². The molecule has 3 N–H and O–H groups in total. The summed E-state index contributed by atoms with van der Waals surface area (Å²) in [6, 6.07) is 13.8. The first-order valence-corrected chi connectivity index (χ1v) is 9.03. The Hall–Kier alpha value is -3.26. The molecule has 148 valence electrons. The lowest BCUT2D eigenvalue weighted by Gasteiger charge is -2.28. The van der Waals surface area contributed by atoms with Gasteiger partial charge in [0.1, 0.15) is 24.7 Å². The number of hydrogen-bond acceptors (Lipinski definition) is 5. The molecule has 8 heteroatoms. The van der Waals surface area contributed by atoms with E-state index in [4.69, 9.17) is 15.2 Å². The van der Waals surface area contributed by atoms with Crippen molar-refractivity contribution in [3.05, 3.63) is 59.7 Å². The van der Waals surface area contributed by atoms with Crippen molar-refractivity contribution in [1.29, 1.82) is 0 Å². The fraction of sp³-hybridized carbons (Fsp3) is 0.300. The van der Waals surface area contributed by atoms with Crippen LogP contribution in [0.3, 0.4) is 0 Å². The molecule has 0 unspecified atom stereocenters. The van der Waals surface area contributed by atoms with E-state index in [1.165, 1.54) is 0 Å². The molecule has 1 aliphatic heterocycles. The van der Waals surface area contributed by atoms with Gasteiger partial charge in [-0.05, 0) is 42.3 Å². The molecule has 0 spiro atoms. The summed E-state index contributed by atoms with van der Waals surface area (Å²) in [5.74, 6) is 1.33.